The minimum absolute atomic E-state index is 0.0986. The Labute approximate surface area is 113 Å². The van der Waals surface area contributed by atoms with Gasteiger partial charge in [0.15, 0.2) is 0 Å². The van der Waals surface area contributed by atoms with Crippen LogP contribution >= 0.6 is 27.5 Å². The van der Waals surface area contributed by atoms with E-state index in [1.807, 2.05) is 37.3 Å². The molecule has 5 heteroatoms. The van der Waals surface area contributed by atoms with E-state index in [0.717, 1.165) is 5.56 Å². The highest BCUT2D eigenvalue weighted by Gasteiger charge is 2.11. The van der Waals surface area contributed by atoms with Crippen molar-refractivity contribution in [3.05, 3.63) is 51.8 Å². The Hall–Kier alpha value is -1.13. The highest BCUT2D eigenvalue weighted by Crippen LogP contribution is 2.27. The van der Waals surface area contributed by atoms with Gasteiger partial charge in [-0.3, -0.25) is 0 Å². The first-order valence-electron chi connectivity index (χ1n) is 5.06. The molecule has 0 bridgehead atoms. The Morgan fingerprint density at radius 2 is 2.00 bits per heavy atom. The van der Waals surface area contributed by atoms with Crippen molar-refractivity contribution in [1.29, 1.82) is 0 Å². The third-order valence-electron chi connectivity index (χ3n) is 2.24. The number of aromatic nitrogens is 2. The summed E-state index contributed by atoms with van der Waals surface area (Å²) in [6.45, 7) is 1.96. The molecule has 2 aromatic rings. The summed E-state index contributed by atoms with van der Waals surface area (Å²) in [4.78, 5) is 7.87. The molecule has 1 aromatic heterocycles. The number of halogens is 2. The Kier molecular flexibility index (Phi) is 3.97. The molecular formula is C12H10BrClN2O. The molecule has 0 fully saturated rings. The van der Waals surface area contributed by atoms with Crippen molar-refractivity contribution in [3.63, 3.8) is 0 Å². The second-order valence-corrected chi connectivity index (χ2v) is 4.66. The SMILES string of the molecule is CC(Oc1nc(Cl)ncc1Br)c1ccccc1. The van der Waals surface area contributed by atoms with Gasteiger partial charge in [-0.05, 0) is 40.0 Å². The van der Waals surface area contributed by atoms with Crippen molar-refractivity contribution in [3.8, 4) is 5.88 Å². The van der Waals surface area contributed by atoms with Gasteiger partial charge in [0.2, 0.25) is 11.2 Å². The molecule has 3 nitrogen and oxygen atoms in total. The maximum atomic E-state index is 5.73. The van der Waals surface area contributed by atoms with E-state index in [0.29, 0.717) is 10.4 Å². The molecule has 0 saturated heterocycles. The van der Waals surface area contributed by atoms with Gasteiger partial charge >= 0.3 is 0 Å². The smallest absolute Gasteiger partial charge is 0.233 e. The van der Waals surface area contributed by atoms with Gasteiger partial charge in [0, 0.05) is 6.20 Å². The largest absolute Gasteiger partial charge is 0.469 e. The molecule has 17 heavy (non-hydrogen) atoms. The van der Waals surface area contributed by atoms with Crippen molar-refractivity contribution in [2.75, 3.05) is 0 Å². The maximum absolute atomic E-state index is 5.73. The molecule has 0 aliphatic heterocycles. The third-order valence-corrected chi connectivity index (χ3v) is 2.97. The van der Waals surface area contributed by atoms with Crippen molar-refractivity contribution in [2.45, 2.75) is 13.0 Å². The van der Waals surface area contributed by atoms with Gasteiger partial charge in [0.05, 0.1) is 4.47 Å². The van der Waals surface area contributed by atoms with E-state index in [2.05, 4.69) is 25.9 Å². The van der Waals surface area contributed by atoms with Crippen LogP contribution in [-0.2, 0) is 0 Å². The highest BCUT2D eigenvalue weighted by atomic mass is 79.9. The van der Waals surface area contributed by atoms with E-state index < -0.39 is 0 Å². The average Bonchev–Trinajstić information content (AvgIpc) is 2.35. The molecule has 88 valence electrons. The predicted octanol–water partition coefficient (Wildman–Crippen LogP) is 4.03. The first-order valence-corrected chi connectivity index (χ1v) is 6.23. The molecule has 2 rings (SSSR count). The zero-order chi connectivity index (χ0) is 12.3. The van der Waals surface area contributed by atoms with Crippen LogP contribution in [0.3, 0.4) is 0 Å². The number of hydrogen-bond donors (Lipinski definition) is 0. The third kappa shape index (κ3) is 3.17. The summed E-state index contributed by atoms with van der Waals surface area (Å²) in [6, 6.07) is 9.91. The summed E-state index contributed by atoms with van der Waals surface area (Å²) in [5.41, 5.74) is 1.08. The molecule has 0 aliphatic carbocycles. The molecule has 0 amide bonds. The average molecular weight is 314 g/mol. The van der Waals surface area contributed by atoms with Gasteiger partial charge in [0.25, 0.3) is 0 Å². The molecule has 1 aromatic carbocycles. The fourth-order valence-corrected chi connectivity index (χ4v) is 1.78. The minimum atomic E-state index is -0.0986. The van der Waals surface area contributed by atoms with Crippen LogP contribution in [0.4, 0.5) is 0 Å². The molecular weight excluding hydrogens is 304 g/mol. The fourth-order valence-electron chi connectivity index (χ4n) is 1.37. The lowest BCUT2D eigenvalue weighted by molar-refractivity contribution is 0.215. The van der Waals surface area contributed by atoms with Crippen LogP contribution in [0.15, 0.2) is 41.0 Å². The number of nitrogens with zero attached hydrogens (tertiary/aromatic N) is 2. The van der Waals surface area contributed by atoms with Crippen LogP contribution in [0.1, 0.15) is 18.6 Å². The second-order valence-electron chi connectivity index (χ2n) is 3.46. The molecule has 0 radical (unpaired) electrons. The summed E-state index contributed by atoms with van der Waals surface area (Å²) in [7, 11) is 0. The number of benzene rings is 1. The summed E-state index contributed by atoms with van der Waals surface area (Å²) in [6.07, 6.45) is 1.47. The van der Waals surface area contributed by atoms with Crippen molar-refractivity contribution >= 4 is 27.5 Å². The normalized spacial score (nSPS) is 12.2. The monoisotopic (exact) mass is 312 g/mol. The Morgan fingerprint density at radius 1 is 1.29 bits per heavy atom. The lowest BCUT2D eigenvalue weighted by Crippen LogP contribution is -2.05. The van der Waals surface area contributed by atoms with Crippen LogP contribution in [0, 0.1) is 0 Å². The van der Waals surface area contributed by atoms with Crippen molar-refractivity contribution in [1.82, 2.24) is 9.97 Å². The lowest BCUT2D eigenvalue weighted by atomic mass is 10.1. The van der Waals surface area contributed by atoms with Gasteiger partial charge in [-0.2, -0.15) is 4.98 Å². The van der Waals surface area contributed by atoms with Gasteiger partial charge in [-0.1, -0.05) is 30.3 Å². The Morgan fingerprint density at radius 3 is 2.71 bits per heavy atom. The standard InChI is InChI=1S/C12H10BrClN2O/c1-8(9-5-3-2-4-6-9)17-11-10(13)7-15-12(14)16-11/h2-8H,1H3. The summed E-state index contributed by atoms with van der Waals surface area (Å²) < 4.78 is 6.41. The first kappa shape index (κ1) is 12.3. The minimum Gasteiger partial charge on any atom is -0.469 e. The van der Waals surface area contributed by atoms with E-state index in [1.54, 1.807) is 6.20 Å². The van der Waals surface area contributed by atoms with Crippen LogP contribution in [0.25, 0.3) is 0 Å². The first-order chi connectivity index (χ1) is 8.16. The molecule has 1 heterocycles. The van der Waals surface area contributed by atoms with E-state index in [1.165, 1.54) is 0 Å². The molecule has 1 unspecified atom stereocenters. The number of rotatable bonds is 3. The molecule has 0 spiro atoms. The Bertz CT molecular complexity index is 507. The van der Waals surface area contributed by atoms with E-state index >= 15 is 0 Å². The van der Waals surface area contributed by atoms with Crippen LogP contribution < -0.4 is 4.74 Å². The molecule has 1 atom stereocenters. The number of hydrogen-bond acceptors (Lipinski definition) is 3. The molecule has 0 aliphatic rings. The van der Waals surface area contributed by atoms with Gasteiger partial charge in [-0.25, -0.2) is 4.98 Å². The summed E-state index contributed by atoms with van der Waals surface area (Å²) in [5, 5.41) is 0.170. The van der Waals surface area contributed by atoms with Crippen LogP contribution in [0.2, 0.25) is 5.28 Å². The van der Waals surface area contributed by atoms with E-state index in [9.17, 15) is 0 Å². The van der Waals surface area contributed by atoms with E-state index in [4.69, 9.17) is 16.3 Å². The van der Waals surface area contributed by atoms with E-state index in [-0.39, 0.29) is 11.4 Å². The van der Waals surface area contributed by atoms with Gasteiger partial charge in [0.1, 0.15) is 6.10 Å². The quantitative estimate of drug-likeness (QED) is 0.802. The second kappa shape index (κ2) is 5.47. The number of ether oxygens (including phenoxy) is 1. The maximum Gasteiger partial charge on any atom is 0.233 e. The summed E-state index contributed by atoms with van der Waals surface area (Å²) >= 11 is 9.05. The van der Waals surface area contributed by atoms with Crippen molar-refractivity contribution < 1.29 is 4.74 Å². The van der Waals surface area contributed by atoms with Gasteiger partial charge < -0.3 is 4.74 Å². The molecule has 0 N–H and O–H groups in total. The van der Waals surface area contributed by atoms with Crippen LogP contribution in [0.5, 0.6) is 5.88 Å². The zero-order valence-electron chi connectivity index (χ0n) is 9.10. The lowest BCUT2D eigenvalue weighted by Gasteiger charge is -2.14. The Balaban J connectivity index is 2.18. The topological polar surface area (TPSA) is 35.0 Å². The predicted molar refractivity (Wildman–Crippen MR) is 70.2 cm³/mol. The molecule has 0 saturated carbocycles. The van der Waals surface area contributed by atoms with Crippen LogP contribution in [-0.4, -0.2) is 9.97 Å². The van der Waals surface area contributed by atoms with Crippen molar-refractivity contribution in [2.24, 2.45) is 0 Å². The van der Waals surface area contributed by atoms with Gasteiger partial charge in [-0.15, -0.1) is 0 Å². The zero-order valence-corrected chi connectivity index (χ0v) is 11.4. The highest BCUT2D eigenvalue weighted by molar-refractivity contribution is 9.10. The summed E-state index contributed by atoms with van der Waals surface area (Å²) in [5.74, 6) is 0.446. The fraction of sp³-hybridized carbons (Fsp3) is 0.167.